The van der Waals surface area contributed by atoms with Crippen LogP contribution in [0.4, 0.5) is 5.69 Å². The number of carbonyl (C=O) groups excluding carboxylic acids is 1. The predicted molar refractivity (Wildman–Crippen MR) is 115 cm³/mol. The van der Waals surface area contributed by atoms with E-state index in [1.807, 2.05) is 0 Å². The quantitative estimate of drug-likeness (QED) is 0.628. The van der Waals surface area contributed by atoms with E-state index in [1.54, 1.807) is 6.20 Å². The lowest BCUT2D eigenvalue weighted by molar-refractivity contribution is -0.186. The smallest absolute Gasteiger partial charge is 0.278 e. The van der Waals surface area contributed by atoms with Crippen molar-refractivity contribution in [1.29, 1.82) is 0 Å². The highest BCUT2D eigenvalue weighted by Crippen LogP contribution is 2.56. The summed E-state index contributed by atoms with van der Waals surface area (Å²) in [5, 5.41) is 14.7. The van der Waals surface area contributed by atoms with E-state index >= 15 is 0 Å². The van der Waals surface area contributed by atoms with Crippen molar-refractivity contribution in [3.63, 3.8) is 0 Å². The number of anilines is 1. The van der Waals surface area contributed by atoms with Crippen LogP contribution in [0.5, 0.6) is 0 Å². The number of hydrogen-bond donors (Lipinski definition) is 3. The van der Waals surface area contributed by atoms with E-state index in [4.69, 9.17) is 9.57 Å². The van der Waals surface area contributed by atoms with Gasteiger partial charge in [0.15, 0.2) is 6.29 Å². The van der Waals surface area contributed by atoms with Gasteiger partial charge >= 0.3 is 0 Å². The Kier molecular flexibility index (Phi) is 4.81. The Balaban J connectivity index is 1.25. The van der Waals surface area contributed by atoms with Crippen LogP contribution >= 0.6 is 0 Å². The van der Waals surface area contributed by atoms with Gasteiger partial charge < -0.3 is 15.2 Å². The van der Waals surface area contributed by atoms with Crippen LogP contribution in [0.2, 0.25) is 0 Å². The number of allylic oxidation sites excluding steroid dienone is 1. The van der Waals surface area contributed by atoms with Crippen molar-refractivity contribution in [3.8, 4) is 0 Å². The Hall–Kier alpha value is -1.96. The maximum absolute atomic E-state index is 13.1. The largest absolute Gasteiger partial charge is 0.390 e. The zero-order valence-electron chi connectivity index (χ0n) is 17.8. The van der Waals surface area contributed by atoms with Crippen LogP contribution in [0, 0.1) is 17.8 Å². The predicted octanol–water partition coefficient (Wildman–Crippen LogP) is 3.19. The summed E-state index contributed by atoms with van der Waals surface area (Å²) in [6.07, 6.45) is 14.1. The van der Waals surface area contributed by atoms with E-state index < -0.39 is 5.60 Å². The second-order valence-electron chi connectivity index (χ2n) is 10.2. The number of aromatic nitrogens is 1. The number of ether oxygens (including phenoxy) is 1. The number of fused-ring (bicyclic) bond motifs is 1. The Bertz CT molecular complexity index is 894. The molecule has 7 nitrogen and oxygen atoms in total. The molecule has 6 aliphatic rings. The number of nitrogens with one attached hydrogen (secondary N) is 2. The molecule has 0 radical (unpaired) electrons. The van der Waals surface area contributed by atoms with Gasteiger partial charge in [0, 0.05) is 37.3 Å². The van der Waals surface area contributed by atoms with Crippen molar-refractivity contribution in [2.24, 2.45) is 17.8 Å². The van der Waals surface area contributed by atoms with E-state index in [9.17, 15) is 9.90 Å². The number of rotatable bonds is 5. The summed E-state index contributed by atoms with van der Waals surface area (Å²) >= 11 is 0. The van der Waals surface area contributed by atoms with Gasteiger partial charge in [-0.3, -0.25) is 9.78 Å². The molecule has 4 bridgehead atoms. The number of amides is 1. The highest BCUT2D eigenvalue weighted by Gasteiger charge is 2.54. The van der Waals surface area contributed by atoms with Crippen LogP contribution < -0.4 is 10.8 Å². The Labute approximate surface area is 182 Å². The number of pyridine rings is 1. The van der Waals surface area contributed by atoms with Crippen LogP contribution in [-0.4, -0.2) is 40.5 Å². The van der Waals surface area contributed by atoms with Crippen LogP contribution in [-0.2, 0) is 16.0 Å². The molecule has 166 valence electrons. The van der Waals surface area contributed by atoms with E-state index in [-0.39, 0.29) is 18.2 Å². The number of nitrogens with zero attached hydrogens (tertiary/aromatic N) is 1. The van der Waals surface area contributed by atoms with Crippen molar-refractivity contribution in [3.05, 3.63) is 29.1 Å². The van der Waals surface area contributed by atoms with Crippen molar-refractivity contribution in [1.82, 2.24) is 10.5 Å². The second kappa shape index (κ2) is 7.57. The molecular formula is C24H31N3O4. The highest BCUT2D eigenvalue weighted by molar-refractivity contribution is 6.01. The first-order valence-corrected chi connectivity index (χ1v) is 11.8. The summed E-state index contributed by atoms with van der Waals surface area (Å²) in [6.45, 7) is 0.663. The first-order valence-electron chi connectivity index (χ1n) is 11.8. The normalized spacial score (nSPS) is 37.6. The summed E-state index contributed by atoms with van der Waals surface area (Å²) in [5.41, 5.74) is 5.50. The number of hydrogen-bond acceptors (Lipinski definition) is 6. The van der Waals surface area contributed by atoms with Crippen molar-refractivity contribution in [2.45, 2.75) is 75.7 Å². The Morgan fingerprint density at radius 3 is 2.81 bits per heavy atom. The third-order valence-corrected chi connectivity index (χ3v) is 8.01. The van der Waals surface area contributed by atoms with Gasteiger partial charge in [0.05, 0.1) is 22.5 Å². The average Bonchev–Trinajstić information content (AvgIpc) is 3.23. The van der Waals surface area contributed by atoms with Gasteiger partial charge in [0.2, 0.25) is 0 Å². The molecule has 1 aliphatic heterocycles. The lowest BCUT2D eigenvalue weighted by atomic mass is 9.52. The first kappa shape index (κ1) is 19.7. The lowest BCUT2D eigenvalue weighted by Crippen LogP contribution is -2.59. The molecule has 5 aliphatic carbocycles. The monoisotopic (exact) mass is 425 g/mol. The van der Waals surface area contributed by atoms with Gasteiger partial charge in [-0.15, -0.1) is 0 Å². The third kappa shape index (κ3) is 3.56. The molecule has 0 aromatic carbocycles. The molecule has 4 saturated carbocycles. The average molecular weight is 426 g/mol. The molecule has 31 heavy (non-hydrogen) atoms. The molecular weight excluding hydrogens is 394 g/mol. The third-order valence-electron chi connectivity index (χ3n) is 8.01. The number of carbonyl (C=O) groups is 1. The van der Waals surface area contributed by atoms with Gasteiger partial charge in [-0.2, -0.15) is 0 Å². The zero-order valence-corrected chi connectivity index (χ0v) is 17.8. The highest BCUT2D eigenvalue weighted by atomic mass is 16.8. The van der Waals surface area contributed by atoms with Crippen LogP contribution in [0.15, 0.2) is 12.3 Å². The molecule has 1 aromatic heterocycles. The molecule has 2 heterocycles. The fourth-order valence-electron chi connectivity index (χ4n) is 6.89. The maximum atomic E-state index is 13.1. The van der Waals surface area contributed by atoms with Crippen LogP contribution in [0.1, 0.15) is 73.0 Å². The molecule has 3 atom stereocenters. The summed E-state index contributed by atoms with van der Waals surface area (Å²) < 4.78 is 5.56. The minimum atomic E-state index is -0.469. The van der Waals surface area contributed by atoms with Gasteiger partial charge in [-0.1, -0.05) is 12.2 Å². The molecule has 7 rings (SSSR count). The summed E-state index contributed by atoms with van der Waals surface area (Å²) in [6, 6.07) is 0.284. The van der Waals surface area contributed by atoms with Crippen molar-refractivity contribution >= 4 is 17.7 Å². The van der Waals surface area contributed by atoms with E-state index in [1.165, 1.54) is 12.8 Å². The van der Waals surface area contributed by atoms with Crippen molar-refractivity contribution < 1.29 is 19.5 Å². The lowest BCUT2D eigenvalue weighted by Gasteiger charge is -2.58. The van der Waals surface area contributed by atoms with E-state index in [2.05, 4.69) is 27.9 Å². The van der Waals surface area contributed by atoms with Gasteiger partial charge in [-0.05, 0) is 62.7 Å². The van der Waals surface area contributed by atoms with Gasteiger partial charge in [0.25, 0.3) is 5.91 Å². The molecule has 3 N–H and O–H groups in total. The maximum Gasteiger partial charge on any atom is 0.278 e. The minimum absolute atomic E-state index is 0.284. The van der Waals surface area contributed by atoms with E-state index in [0.717, 1.165) is 61.9 Å². The fraction of sp³-hybridized carbons (Fsp3) is 0.667. The summed E-state index contributed by atoms with van der Waals surface area (Å²) in [5.74, 6) is 1.26. The van der Waals surface area contributed by atoms with Crippen molar-refractivity contribution in [2.75, 3.05) is 11.9 Å². The fourth-order valence-corrected chi connectivity index (χ4v) is 6.89. The molecule has 0 spiro atoms. The molecule has 7 heteroatoms. The zero-order chi connectivity index (χ0) is 21.0. The molecule has 1 saturated heterocycles. The van der Waals surface area contributed by atoms with Gasteiger partial charge in [-0.25, -0.2) is 10.3 Å². The number of hydroxylamine groups is 1. The first-order chi connectivity index (χ1) is 15.1. The van der Waals surface area contributed by atoms with Crippen LogP contribution in [0.25, 0.3) is 6.08 Å². The minimum Gasteiger partial charge on any atom is -0.390 e. The molecule has 3 unspecified atom stereocenters. The Morgan fingerprint density at radius 2 is 2.06 bits per heavy atom. The topological polar surface area (TPSA) is 92.7 Å². The van der Waals surface area contributed by atoms with Crippen LogP contribution in [0.3, 0.4) is 0 Å². The molecule has 1 amide bonds. The summed E-state index contributed by atoms with van der Waals surface area (Å²) in [4.78, 5) is 23.2. The molecule has 1 aromatic rings. The SMILES string of the molecule is O=C(NOC1CCCCO1)c1cnc2c(c1NC1C3CC4CC1CC(O)(C4)C3)C=CC2. The Morgan fingerprint density at radius 1 is 1.23 bits per heavy atom. The number of aliphatic hydroxyl groups is 1. The summed E-state index contributed by atoms with van der Waals surface area (Å²) in [7, 11) is 0. The second-order valence-corrected chi connectivity index (χ2v) is 10.2. The standard InChI is InChI=1S/C24H31N3O4/c28-23(27-31-20-6-1-2-7-30-20)18-13-25-19-5-3-4-17(19)22(18)26-21-15-8-14-9-16(21)12-24(29,10-14)11-15/h3-4,13-16,20-21,29H,1-2,5-12H2,(H,25,26)(H,27,28). The van der Waals surface area contributed by atoms with Gasteiger partial charge in [0.1, 0.15) is 0 Å². The van der Waals surface area contributed by atoms with E-state index in [0.29, 0.717) is 29.9 Å². The molecule has 5 fully saturated rings.